The molecule has 2 aromatic rings. The first-order valence-corrected chi connectivity index (χ1v) is 9.50. The summed E-state index contributed by atoms with van der Waals surface area (Å²) in [5.74, 6) is -0.534. The number of benzene rings is 2. The van der Waals surface area contributed by atoms with Crippen LogP contribution in [0.3, 0.4) is 0 Å². The summed E-state index contributed by atoms with van der Waals surface area (Å²) in [4.78, 5) is 0.0772. The first kappa shape index (κ1) is 16.9. The van der Waals surface area contributed by atoms with Gasteiger partial charge in [0.25, 0.3) is 10.0 Å². The Bertz CT molecular complexity index is 809. The molecule has 0 aliphatic rings. The smallest absolute Gasteiger partial charge is 0.263 e. The van der Waals surface area contributed by atoms with Gasteiger partial charge in [0.15, 0.2) is 0 Å². The molecule has 0 saturated carbocycles. The number of hydrogen-bond donors (Lipinski definition) is 1. The van der Waals surface area contributed by atoms with Gasteiger partial charge in [-0.3, -0.25) is 4.72 Å². The van der Waals surface area contributed by atoms with E-state index in [1.54, 1.807) is 19.1 Å². The van der Waals surface area contributed by atoms with Crippen LogP contribution in [0.25, 0.3) is 0 Å². The van der Waals surface area contributed by atoms with E-state index in [9.17, 15) is 12.8 Å². The SMILES string of the molecule is Cc1cc(Br)c(F)cc1NS(=O)(=O)c1ccc(Br)cc1Br. The molecule has 0 heterocycles. The van der Waals surface area contributed by atoms with E-state index in [1.165, 1.54) is 12.1 Å². The highest BCUT2D eigenvalue weighted by atomic mass is 79.9. The number of anilines is 1. The van der Waals surface area contributed by atoms with Crippen molar-refractivity contribution in [1.29, 1.82) is 0 Å². The fourth-order valence-electron chi connectivity index (χ4n) is 1.65. The number of sulfonamides is 1. The van der Waals surface area contributed by atoms with Crippen molar-refractivity contribution >= 4 is 63.5 Å². The Hall–Kier alpha value is -0.440. The number of nitrogens with one attached hydrogen (secondary N) is 1. The fourth-order valence-corrected chi connectivity index (χ4v) is 4.98. The van der Waals surface area contributed by atoms with Gasteiger partial charge < -0.3 is 0 Å². The van der Waals surface area contributed by atoms with Gasteiger partial charge in [-0.15, -0.1) is 0 Å². The number of rotatable bonds is 3. The lowest BCUT2D eigenvalue weighted by atomic mass is 10.2. The van der Waals surface area contributed by atoms with Crippen molar-refractivity contribution < 1.29 is 12.8 Å². The Morgan fingerprint density at radius 3 is 2.33 bits per heavy atom. The number of halogens is 4. The summed E-state index contributed by atoms with van der Waals surface area (Å²) in [6.45, 7) is 1.69. The summed E-state index contributed by atoms with van der Waals surface area (Å²) >= 11 is 9.53. The predicted molar refractivity (Wildman–Crippen MR) is 91.5 cm³/mol. The van der Waals surface area contributed by atoms with Crippen molar-refractivity contribution in [2.75, 3.05) is 4.72 Å². The van der Waals surface area contributed by atoms with E-state index in [-0.39, 0.29) is 15.1 Å². The molecule has 0 aromatic heterocycles. The zero-order valence-corrected chi connectivity index (χ0v) is 16.2. The Morgan fingerprint density at radius 2 is 1.71 bits per heavy atom. The Balaban J connectivity index is 2.45. The molecule has 0 spiro atoms. The summed E-state index contributed by atoms with van der Waals surface area (Å²) < 4.78 is 42.2. The van der Waals surface area contributed by atoms with Crippen molar-refractivity contribution in [2.24, 2.45) is 0 Å². The molecule has 112 valence electrons. The predicted octanol–water partition coefficient (Wildman–Crippen LogP) is 5.22. The van der Waals surface area contributed by atoms with Crippen LogP contribution >= 0.6 is 47.8 Å². The Labute approximate surface area is 147 Å². The van der Waals surface area contributed by atoms with Crippen molar-refractivity contribution in [3.05, 3.63) is 55.1 Å². The number of aryl methyl sites for hydroxylation is 1. The quantitative estimate of drug-likeness (QED) is 0.626. The molecule has 0 aliphatic heterocycles. The third kappa shape index (κ3) is 3.85. The molecule has 0 radical (unpaired) electrons. The van der Waals surface area contributed by atoms with Gasteiger partial charge in [-0.05, 0) is 74.7 Å². The van der Waals surface area contributed by atoms with Crippen LogP contribution in [-0.4, -0.2) is 8.42 Å². The largest absolute Gasteiger partial charge is 0.279 e. The Morgan fingerprint density at radius 1 is 1.05 bits per heavy atom. The maximum absolute atomic E-state index is 13.6. The van der Waals surface area contributed by atoms with Gasteiger partial charge in [-0.2, -0.15) is 0 Å². The standard InChI is InChI=1S/C13H9Br3FNO2S/c1-7-4-9(15)11(17)6-12(7)18-21(19,20)13-3-2-8(14)5-10(13)16/h2-6,18H,1H3. The second-order valence-electron chi connectivity index (χ2n) is 4.26. The lowest BCUT2D eigenvalue weighted by Gasteiger charge is -2.12. The van der Waals surface area contributed by atoms with Crippen LogP contribution < -0.4 is 4.72 Å². The molecule has 0 amide bonds. The summed E-state index contributed by atoms with van der Waals surface area (Å²) in [6, 6.07) is 7.37. The van der Waals surface area contributed by atoms with Gasteiger partial charge in [-0.1, -0.05) is 15.9 Å². The van der Waals surface area contributed by atoms with E-state index in [1.807, 2.05) is 0 Å². The first-order chi connectivity index (χ1) is 9.70. The normalized spacial score (nSPS) is 11.5. The minimum atomic E-state index is -3.81. The molecule has 2 rings (SSSR count). The fraction of sp³-hybridized carbons (Fsp3) is 0.0769. The molecule has 0 fully saturated rings. The molecular formula is C13H9Br3FNO2S. The molecule has 21 heavy (non-hydrogen) atoms. The summed E-state index contributed by atoms with van der Waals surface area (Å²) in [5, 5.41) is 0. The maximum atomic E-state index is 13.6. The van der Waals surface area contributed by atoms with E-state index in [4.69, 9.17) is 0 Å². The summed E-state index contributed by atoms with van der Waals surface area (Å²) in [7, 11) is -3.81. The van der Waals surface area contributed by atoms with Gasteiger partial charge in [0, 0.05) is 8.95 Å². The van der Waals surface area contributed by atoms with Crippen molar-refractivity contribution in [2.45, 2.75) is 11.8 Å². The van der Waals surface area contributed by atoms with Gasteiger partial charge in [0.2, 0.25) is 0 Å². The van der Waals surface area contributed by atoms with Crippen LogP contribution in [-0.2, 0) is 10.0 Å². The second kappa shape index (κ2) is 6.36. The van der Waals surface area contributed by atoms with E-state index < -0.39 is 15.8 Å². The molecule has 3 nitrogen and oxygen atoms in total. The van der Waals surface area contributed by atoms with Gasteiger partial charge in [-0.25, -0.2) is 12.8 Å². The van der Waals surface area contributed by atoms with Crippen LogP contribution in [0, 0.1) is 12.7 Å². The highest BCUT2D eigenvalue weighted by molar-refractivity contribution is 9.11. The van der Waals surface area contributed by atoms with E-state index in [0.717, 1.165) is 10.5 Å². The minimum absolute atomic E-state index is 0.0772. The molecule has 8 heteroatoms. The van der Waals surface area contributed by atoms with Crippen molar-refractivity contribution in [3.8, 4) is 0 Å². The number of hydrogen-bond acceptors (Lipinski definition) is 2. The maximum Gasteiger partial charge on any atom is 0.263 e. The molecule has 0 atom stereocenters. The average molecular weight is 502 g/mol. The lowest BCUT2D eigenvalue weighted by molar-refractivity contribution is 0.600. The van der Waals surface area contributed by atoms with Crippen molar-refractivity contribution in [3.63, 3.8) is 0 Å². The molecule has 1 N–H and O–H groups in total. The molecule has 0 unspecified atom stereocenters. The van der Waals surface area contributed by atoms with Crippen LogP contribution in [0.15, 0.2) is 48.6 Å². The van der Waals surface area contributed by atoms with Crippen molar-refractivity contribution in [1.82, 2.24) is 0 Å². The zero-order chi connectivity index (χ0) is 15.8. The van der Waals surface area contributed by atoms with Crippen LogP contribution in [0.5, 0.6) is 0 Å². The molecule has 0 aliphatic carbocycles. The topological polar surface area (TPSA) is 46.2 Å². The van der Waals surface area contributed by atoms with E-state index in [0.29, 0.717) is 10.0 Å². The Kier molecular flexibility index (Phi) is 5.12. The molecule has 2 aromatic carbocycles. The third-order valence-electron chi connectivity index (χ3n) is 2.70. The minimum Gasteiger partial charge on any atom is -0.279 e. The van der Waals surface area contributed by atoms with Gasteiger partial charge in [0.05, 0.1) is 10.2 Å². The summed E-state index contributed by atoms with van der Waals surface area (Å²) in [5.41, 5.74) is 0.811. The monoisotopic (exact) mass is 499 g/mol. The molecule has 0 bridgehead atoms. The zero-order valence-electron chi connectivity index (χ0n) is 10.6. The second-order valence-corrected chi connectivity index (χ2v) is 8.54. The van der Waals surface area contributed by atoms with Gasteiger partial charge >= 0.3 is 0 Å². The highest BCUT2D eigenvalue weighted by Crippen LogP contribution is 2.29. The summed E-state index contributed by atoms with van der Waals surface area (Å²) in [6.07, 6.45) is 0. The van der Waals surface area contributed by atoms with Crippen LogP contribution in [0.1, 0.15) is 5.56 Å². The molecular weight excluding hydrogens is 493 g/mol. The average Bonchev–Trinajstić information content (AvgIpc) is 2.35. The van der Waals surface area contributed by atoms with E-state index in [2.05, 4.69) is 52.5 Å². The highest BCUT2D eigenvalue weighted by Gasteiger charge is 2.19. The van der Waals surface area contributed by atoms with Crippen LogP contribution in [0.2, 0.25) is 0 Å². The third-order valence-corrected chi connectivity index (χ3v) is 6.14. The van der Waals surface area contributed by atoms with Gasteiger partial charge in [0.1, 0.15) is 10.7 Å². The van der Waals surface area contributed by atoms with Crippen LogP contribution in [0.4, 0.5) is 10.1 Å². The van der Waals surface area contributed by atoms with E-state index >= 15 is 0 Å². The first-order valence-electron chi connectivity index (χ1n) is 5.64. The lowest BCUT2D eigenvalue weighted by Crippen LogP contribution is -2.14. The molecule has 0 saturated heterocycles.